The van der Waals surface area contributed by atoms with Crippen LogP contribution in [0.25, 0.3) is 22.3 Å². The number of nitro groups is 2. The molecular formula is C18H11N2O7P-2. The lowest BCUT2D eigenvalue weighted by Crippen LogP contribution is -2.26. The summed E-state index contributed by atoms with van der Waals surface area (Å²) < 4.78 is 11.9. The third kappa shape index (κ3) is 3.54. The van der Waals surface area contributed by atoms with Gasteiger partial charge in [0.1, 0.15) is 0 Å². The molecule has 0 bridgehead atoms. The van der Waals surface area contributed by atoms with Crippen LogP contribution in [0, 0.1) is 20.2 Å². The monoisotopic (exact) mass is 398 g/mol. The Morgan fingerprint density at radius 1 is 0.643 bits per heavy atom. The van der Waals surface area contributed by atoms with Crippen LogP contribution in [0.5, 0.6) is 0 Å². The van der Waals surface area contributed by atoms with E-state index in [0.29, 0.717) is 0 Å². The molecule has 3 rings (SSSR count). The minimum absolute atomic E-state index is 0.0334. The average molecular weight is 398 g/mol. The largest absolute Gasteiger partial charge is 0.807 e. The van der Waals surface area contributed by atoms with Gasteiger partial charge in [-0.1, -0.05) is 42.5 Å². The van der Waals surface area contributed by atoms with Gasteiger partial charge in [-0.2, -0.15) is 0 Å². The summed E-state index contributed by atoms with van der Waals surface area (Å²) in [4.78, 5) is 45.3. The molecule has 0 amide bonds. The van der Waals surface area contributed by atoms with E-state index >= 15 is 0 Å². The van der Waals surface area contributed by atoms with Crippen molar-refractivity contribution in [2.75, 3.05) is 0 Å². The van der Waals surface area contributed by atoms with Crippen molar-refractivity contribution in [3.8, 4) is 22.3 Å². The number of benzene rings is 3. The second-order valence-corrected chi connectivity index (χ2v) is 7.22. The van der Waals surface area contributed by atoms with E-state index in [4.69, 9.17) is 0 Å². The first kappa shape index (κ1) is 19.4. The van der Waals surface area contributed by atoms with Crippen LogP contribution in [-0.2, 0) is 4.57 Å². The van der Waals surface area contributed by atoms with E-state index in [1.807, 2.05) is 0 Å². The van der Waals surface area contributed by atoms with Gasteiger partial charge in [0.25, 0.3) is 11.4 Å². The van der Waals surface area contributed by atoms with Crippen molar-refractivity contribution < 1.29 is 24.2 Å². The smallest absolute Gasteiger partial charge is 0.277 e. The van der Waals surface area contributed by atoms with Crippen LogP contribution in [0.3, 0.4) is 0 Å². The van der Waals surface area contributed by atoms with Crippen LogP contribution < -0.4 is 15.1 Å². The molecule has 3 aromatic carbocycles. The summed E-state index contributed by atoms with van der Waals surface area (Å²) in [6, 6.07) is 14.5. The van der Waals surface area contributed by atoms with E-state index in [2.05, 4.69) is 0 Å². The standard InChI is InChI=1S/C18H13N2O7P/c21-19(22)15-9-3-1-6-12(15)13-8-5-11-17(28(25,26)27)18(13)14-7-2-4-10-16(14)20(23)24/h1-11H,(H2,25,26,27)/p-2. The van der Waals surface area contributed by atoms with Gasteiger partial charge in [-0.15, -0.1) is 0 Å². The van der Waals surface area contributed by atoms with Crippen molar-refractivity contribution in [3.05, 3.63) is 87.0 Å². The lowest BCUT2D eigenvalue weighted by atomic mass is 9.92. The zero-order chi connectivity index (χ0) is 20.5. The number of nitrogens with zero attached hydrogens (tertiary/aromatic N) is 2. The van der Waals surface area contributed by atoms with Gasteiger partial charge in [0, 0.05) is 17.7 Å². The number of hydrogen-bond donors (Lipinski definition) is 0. The zero-order valence-corrected chi connectivity index (χ0v) is 14.9. The Bertz CT molecular complexity index is 1140. The normalized spacial score (nSPS) is 11.2. The lowest BCUT2D eigenvalue weighted by molar-refractivity contribution is -0.384. The maximum atomic E-state index is 11.9. The van der Waals surface area contributed by atoms with Crippen LogP contribution in [-0.4, -0.2) is 9.85 Å². The van der Waals surface area contributed by atoms with Gasteiger partial charge in [-0.25, -0.2) is 0 Å². The van der Waals surface area contributed by atoms with Crippen molar-refractivity contribution in [1.29, 1.82) is 0 Å². The Kier molecular flexibility index (Phi) is 5.06. The summed E-state index contributed by atoms with van der Waals surface area (Å²) in [7, 11) is -5.35. The molecule has 0 fully saturated rings. The fraction of sp³-hybridized carbons (Fsp3) is 0. The first-order chi connectivity index (χ1) is 13.2. The summed E-state index contributed by atoms with van der Waals surface area (Å²) >= 11 is 0. The molecule has 3 aromatic rings. The Labute approximate surface area is 158 Å². The third-order valence-electron chi connectivity index (χ3n) is 4.10. The highest BCUT2D eigenvalue weighted by molar-refractivity contribution is 7.57. The SMILES string of the molecule is O=[N+]([O-])c1ccccc1-c1cccc(P(=O)([O-])[O-])c1-c1ccccc1[N+](=O)[O-]. The first-order valence-corrected chi connectivity index (χ1v) is 9.39. The summed E-state index contributed by atoms with van der Waals surface area (Å²) in [5.41, 5.74) is -1.04. The molecule has 10 heteroatoms. The molecule has 0 unspecified atom stereocenters. The van der Waals surface area contributed by atoms with E-state index in [1.165, 1.54) is 54.6 Å². The Balaban J connectivity index is 2.48. The molecule has 0 radical (unpaired) electrons. The molecule has 0 N–H and O–H groups in total. The van der Waals surface area contributed by atoms with Crippen molar-refractivity contribution in [1.82, 2.24) is 0 Å². The number of para-hydroxylation sites is 2. The van der Waals surface area contributed by atoms with Gasteiger partial charge in [-0.05, 0) is 30.6 Å². The highest BCUT2D eigenvalue weighted by Gasteiger charge is 2.25. The Hall–Kier alpha value is -3.39. The zero-order valence-electron chi connectivity index (χ0n) is 14.1. The predicted molar refractivity (Wildman–Crippen MR) is 97.9 cm³/mol. The lowest BCUT2D eigenvalue weighted by Gasteiger charge is -2.33. The highest BCUT2D eigenvalue weighted by Crippen LogP contribution is 2.42. The number of hydrogen-bond acceptors (Lipinski definition) is 7. The molecule has 0 aliphatic rings. The topological polar surface area (TPSA) is 149 Å². The van der Waals surface area contributed by atoms with E-state index < -0.39 is 28.4 Å². The molecule has 0 atom stereocenters. The van der Waals surface area contributed by atoms with Gasteiger partial charge < -0.3 is 14.4 Å². The molecule has 9 nitrogen and oxygen atoms in total. The molecule has 0 aromatic heterocycles. The Morgan fingerprint density at radius 3 is 1.64 bits per heavy atom. The summed E-state index contributed by atoms with van der Waals surface area (Å²) in [6.45, 7) is 0. The van der Waals surface area contributed by atoms with Crippen molar-refractivity contribution >= 4 is 24.3 Å². The second-order valence-electron chi connectivity index (χ2n) is 5.75. The fourth-order valence-corrected chi connectivity index (χ4v) is 3.76. The minimum atomic E-state index is -5.35. The van der Waals surface area contributed by atoms with E-state index in [9.17, 15) is 34.6 Å². The van der Waals surface area contributed by atoms with Gasteiger partial charge >= 0.3 is 0 Å². The van der Waals surface area contributed by atoms with Crippen LogP contribution in [0.1, 0.15) is 0 Å². The van der Waals surface area contributed by atoms with E-state index in [1.54, 1.807) is 0 Å². The van der Waals surface area contributed by atoms with Crippen LogP contribution in [0.15, 0.2) is 66.7 Å². The molecular weight excluding hydrogens is 387 g/mol. The van der Waals surface area contributed by atoms with Gasteiger partial charge in [-0.3, -0.25) is 20.2 Å². The molecule has 142 valence electrons. The van der Waals surface area contributed by atoms with Crippen LogP contribution >= 0.6 is 7.60 Å². The van der Waals surface area contributed by atoms with Crippen LogP contribution in [0.2, 0.25) is 0 Å². The highest BCUT2D eigenvalue weighted by atomic mass is 31.2. The quantitative estimate of drug-likeness (QED) is 0.364. The van der Waals surface area contributed by atoms with Crippen molar-refractivity contribution in [2.24, 2.45) is 0 Å². The summed E-state index contributed by atoms with van der Waals surface area (Å²) in [6.07, 6.45) is 0. The summed E-state index contributed by atoms with van der Waals surface area (Å²) in [5.74, 6) is 0. The van der Waals surface area contributed by atoms with E-state index in [0.717, 1.165) is 12.1 Å². The molecule has 0 saturated carbocycles. The number of nitro benzene ring substituents is 2. The molecule has 0 heterocycles. The average Bonchev–Trinajstić information content (AvgIpc) is 2.66. The maximum Gasteiger partial charge on any atom is 0.277 e. The van der Waals surface area contributed by atoms with Gasteiger partial charge in [0.15, 0.2) is 0 Å². The predicted octanol–water partition coefficient (Wildman–Crippen LogP) is 2.38. The molecule has 0 spiro atoms. The van der Waals surface area contributed by atoms with E-state index in [-0.39, 0.29) is 27.9 Å². The van der Waals surface area contributed by atoms with Crippen LogP contribution in [0.4, 0.5) is 11.4 Å². The molecule has 0 aliphatic carbocycles. The number of rotatable bonds is 5. The fourth-order valence-electron chi connectivity index (χ4n) is 2.98. The summed E-state index contributed by atoms with van der Waals surface area (Å²) in [5, 5.41) is 22.2. The van der Waals surface area contributed by atoms with Gasteiger partial charge in [0.2, 0.25) is 0 Å². The minimum Gasteiger partial charge on any atom is -0.807 e. The molecule has 0 aliphatic heterocycles. The van der Waals surface area contributed by atoms with Crippen molar-refractivity contribution in [2.45, 2.75) is 0 Å². The van der Waals surface area contributed by atoms with Crippen molar-refractivity contribution in [3.63, 3.8) is 0 Å². The second kappa shape index (κ2) is 7.32. The maximum absolute atomic E-state index is 11.9. The third-order valence-corrected chi connectivity index (χ3v) is 5.06. The first-order valence-electron chi connectivity index (χ1n) is 7.85. The molecule has 28 heavy (non-hydrogen) atoms. The van der Waals surface area contributed by atoms with Gasteiger partial charge in [0.05, 0.1) is 21.0 Å². The Morgan fingerprint density at radius 2 is 1.11 bits per heavy atom. The molecule has 0 saturated heterocycles.